The van der Waals surface area contributed by atoms with Crippen molar-refractivity contribution < 1.29 is 9.90 Å². The lowest BCUT2D eigenvalue weighted by Crippen LogP contribution is -2.37. The Morgan fingerprint density at radius 3 is 2.60 bits per heavy atom. The third kappa shape index (κ3) is 5.32. The highest BCUT2D eigenvalue weighted by molar-refractivity contribution is 5.73. The van der Waals surface area contributed by atoms with E-state index in [1.54, 1.807) is 0 Å². The Hall–Kier alpha value is -2.34. The van der Waals surface area contributed by atoms with Crippen molar-refractivity contribution in [3.8, 4) is 5.69 Å². The van der Waals surface area contributed by atoms with E-state index in [2.05, 4.69) is 15.7 Å². The molecule has 1 aromatic carbocycles. The molecule has 25 heavy (non-hydrogen) atoms. The van der Waals surface area contributed by atoms with E-state index in [0.717, 1.165) is 22.6 Å². The first kappa shape index (κ1) is 19.0. The number of aliphatic hydroxyl groups is 1. The molecule has 6 heteroatoms. The maximum atomic E-state index is 12.0. The van der Waals surface area contributed by atoms with Crippen molar-refractivity contribution in [3.63, 3.8) is 0 Å². The fraction of sp³-hybridized carbons (Fsp3) is 0.474. The van der Waals surface area contributed by atoms with Gasteiger partial charge in [0, 0.05) is 18.8 Å². The zero-order valence-corrected chi connectivity index (χ0v) is 15.4. The zero-order valence-electron chi connectivity index (χ0n) is 15.4. The summed E-state index contributed by atoms with van der Waals surface area (Å²) >= 11 is 0. The molecule has 136 valence electrons. The molecule has 1 atom stereocenters. The van der Waals surface area contributed by atoms with Gasteiger partial charge in [-0.2, -0.15) is 5.10 Å². The molecule has 0 saturated carbocycles. The van der Waals surface area contributed by atoms with Crippen LogP contribution in [0, 0.1) is 19.8 Å². The van der Waals surface area contributed by atoms with Crippen LogP contribution in [0.15, 0.2) is 30.3 Å². The van der Waals surface area contributed by atoms with E-state index in [-0.39, 0.29) is 11.9 Å². The molecule has 3 N–H and O–H groups in total. The monoisotopic (exact) mass is 344 g/mol. The van der Waals surface area contributed by atoms with Gasteiger partial charge in [0.25, 0.3) is 0 Å². The van der Waals surface area contributed by atoms with Gasteiger partial charge < -0.3 is 15.7 Å². The zero-order chi connectivity index (χ0) is 18.4. The third-order valence-electron chi connectivity index (χ3n) is 4.16. The van der Waals surface area contributed by atoms with Crippen LogP contribution in [0.3, 0.4) is 0 Å². The van der Waals surface area contributed by atoms with Crippen LogP contribution in [0.4, 0.5) is 4.79 Å². The molecule has 0 saturated heterocycles. The highest BCUT2D eigenvalue weighted by Crippen LogP contribution is 2.16. The summed E-state index contributed by atoms with van der Waals surface area (Å²) in [6.45, 7) is 8.75. The Balaban J connectivity index is 1.93. The molecule has 1 heterocycles. The van der Waals surface area contributed by atoms with Crippen LogP contribution in [0.1, 0.15) is 37.2 Å². The van der Waals surface area contributed by atoms with E-state index in [1.807, 2.05) is 62.7 Å². The number of aryl methyl sites for hydroxylation is 2. The second-order valence-corrected chi connectivity index (χ2v) is 6.68. The van der Waals surface area contributed by atoms with Gasteiger partial charge >= 0.3 is 6.03 Å². The van der Waals surface area contributed by atoms with Crippen LogP contribution < -0.4 is 10.6 Å². The summed E-state index contributed by atoms with van der Waals surface area (Å²) in [5, 5.41) is 19.9. The van der Waals surface area contributed by atoms with Crippen molar-refractivity contribution in [1.82, 2.24) is 20.4 Å². The molecule has 0 aliphatic rings. The smallest absolute Gasteiger partial charge is 0.315 e. The number of amides is 2. The number of urea groups is 1. The maximum absolute atomic E-state index is 12.0. The summed E-state index contributed by atoms with van der Waals surface area (Å²) in [5.74, 6) is 0.192. The van der Waals surface area contributed by atoms with Crippen LogP contribution in [-0.4, -0.2) is 33.6 Å². The largest absolute Gasteiger partial charge is 0.393 e. The minimum Gasteiger partial charge on any atom is -0.393 e. The van der Waals surface area contributed by atoms with Gasteiger partial charge in [0.05, 0.1) is 17.5 Å². The van der Waals surface area contributed by atoms with Crippen LogP contribution in [-0.2, 0) is 6.54 Å². The lowest BCUT2D eigenvalue weighted by molar-refractivity contribution is 0.116. The standard InChI is InChI=1S/C19H28N4O2/c1-13(2)18(24)9-10-20-19(25)21-12-16-7-5-6-8-17(16)23-15(4)11-14(3)22-23/h5-8,11,13,18,24H,9-10,12H2,1-4H3,(H2,20,21,25). The second-order valence-electron chi connectivity index (χ2n) is 6.68. The van der Waals surface area contributed by atoms with Crippen molar-refractivity contribution in [2.45, 2.75) is 46.8 Å². The number of hydrogen-bond acceptors (Lipinski definition) is 3. The Kier molecular flexibility index (Phi) is 6.58. The van der Waals surface area contributed by atoms with Crippen molar-refractivity contribution in [1.29, 1.82) is 0 Å². The van der Waals surface area contributed by atoms with Crippen molar-refractivity contribution in [2.24, 2.45) is 5.92 Å². The molecule has 0 aliphatic carbocycles. The number of nitrogens with one attached hydrogen (secondary N) is 2. The van der Waals surface area contributed by atoms with Crippen molar-refractivity contribution in [2.75, 3.05) is 6.54 Å². The van der Waals surface area contributed by atoms with Crippen LogP contribution in [0.25, 0.3) is 5.69 Å². The first-order chi connectivity index (χ1) is 11.9. The Morgan fingerprint density at radius 2 is 1.96 bits per heavy atom. The number of aliphatic hydroxyl groups excluding tert-OH is 1. The molecule has 1 aromatic heterocycles. The summed E-state index contributed by atoms with van der Waals surface area (Å²) in [4.78, 5) is 12.0. The molecule has 2 aromatic rings. The summed E-state index contributed by atoms with van der Waals surface area (Å²) < 4.78 is 1.89. The van der Waals surface area contributed by atoms with Gasteiger partial charge in [-0.05, 0) is 43.9 Å². The topological polar surface area (TPSA) is 79.2 Å². The summed E-state index contributed by atoms with van der Waals surface area (Å²) in [6.07, 6.45) is 0.153. The van der Waals surface area contributed by atoms with Gasteiger partial charge in [0.15, 0.2) is 0 Å². The normalized spacial score (nSPS) is 12.2. The maximum Gasteiger partial charge on any atom is 0.315 e. The minimum atomic E-state index is -0.396. The molecule has 0 aliphatic heterocycles. The van der Waals surface area contributed by atoms with Crippen LogP contribution in [0.2, 0.25) is 0 Å². The summed E-state index contributed by atoms with van der Waals surface area (Å²) in [6, 6.07) is 9.67. The highest BCUT2D eigenvalue weighted by atomic mass is 16.3. The molecule has 2 rings (SSSR count). The average molecular weight is 344 g/mol. The number of carbonyl (C=O) groups excluding carboxylic acids is 1. The van der Waals surface area contributed by atoms with E-state index < -0.39 is 6.10 Å². The number of rotatable bonds is 7. The fourth-order valence-electron chi connectivity index (χ4n) is 2.64. The first-order valence-electron chi connectivity index (χ1n) is 8.69. The van der Waals surface area contributed by atoms with E-state index in [0.29, 0.717) is 19.5 Å². The van der Waals surface area contributed by atoms with Gasteiger partial charge in [-0.15, -0.1) is 0 Å². The lowest BCUT2D eigenvalue weighted by atomic mass is 10.0. The Labute approximate surface area is 149 Å². The minimum absolute atomic E-state index is 0.192. The molecule has 1 unspecified atom stereocenters. The quantitative estimate of drug-likeness (QED) is 0.722. The van der Waals surface area contributed by atoms with E-state index in [4.69, 9.17) is 0 Å². The first-order valence-corrected chi connectivity index (χ1v) is 8.69. The lowest BCUT2D eigenvalue weighted by Gasteiger charge is -2.15. The third-order valence-corrected chi connectivity index (χ3v) is 4.16. The average Bonchev–Trinajstić information content (AvgIpc) is 2.91. The molecule has 0 spiro atoms. The number of benzene rings is 1. The number of para-hydroxylation sites is 1. The van der Waals surface area contributed by atoms with Gasteiger partial charge in [-0.1, -0.05) is 32.0 Å². The SMILES string of the molecule is Cc1cc(C)n(-c2ccccc2CNC(=O)NCCC(O)C(C)C)n1. The highest BCUT2D eigenvalue weighted by Gasteiger charge is 2.11. The Bertz CT molecular complexity index is 709. The fourth-order valence-corrected chi connectivity index (χ4v) is 2.64. The van der Waals surface area contributed by atoms with Gasteiger partial charge in [0.1, 0.15) is 0 Å². The number of carbonyl (C=O) groups is 1. The Morgan fingerprint density at radius 1 is 1.24 bits per heavy atom. The second kappa shape index (κ2) is 8.67. The predicted molar refractivity (Wildman–Crippen MR) is 98.7 cm³/mol. The molecule has 0 fully saturated rings. The van der Waals surface area contributed by atoms with Crippen LogP contribution >= 0.6 is 0 Å². The number of aromatic nitrogens is 2. The van der Waals surface area contributed by atoms with E-state index in [9.17, 15) is 9.90 Å². The molecule has 2 amide bonds. The molecular formula is C19H28N4O2. The van der Waals surface area contributed by atoms with Crippen molar-refractivity contribution in [3.05, 3.63) is 47.3 Å². The van der Waals surface area contributed by atoms with Crippen molar-refractivity contribution >= 4 is 6.03 Å². The van der Waals surface area contributed by atoms with Crippen LogP contribution in [0.5, 0.6) is 0 Å². The molecule has 0 radical (unpaired) electrons. The van der Waals surface area contributed by atoms with E-state index in [1.165, 1.54) is 0 Å². The molecule has 0 bridgehead atoms. The summed E-state index contributed by atoms with van der Waals surface area (Å²) in [5.41, 5.74) is 3.97. The predicted octanol–water partition coefficient (Wildman–Crippen LogP) is 2.70. The van der Waals surface area contributed by atoms with Gasteiger partial charge in [-0.3, -0.25) is 0 Å². The number of nitrogens with zero attached hydrogens (tertiary/aromatic N) is 2. The molecule has 6 nitrogen and oxygen atoms in total. The summed E-state index contributed by atoms with van der Waals surface area (Å²) in [7, 11) is 0. The number of hydrogen-bond donors (Lipinski definition) is 3. The molecular weight excluding hydrogens is 316 g/mol. The van der Waals surface area contributed by atoms with Gasteiger partial charge in [0.2, 0.25) is 0 Å². The van der Waals surface area contributed by atoms with E-state index >= 15 is 0 Å². The van der Waals surface area contributed by atoms with Gasteiger partial charge in [-0.25, -0.2) is 9.48 Å².